The molecule has 0 aromatic rings. The van der Waals surface area contributed by atoms with Crippen LogP contribution in [0.3, 0.4) is 0 Å². The minimum Gasteiger partial charge on any atom is -0.383 e. The highest BCUT2D eigenvalue weighted by Crippen LogP contribution is 2.17. The maximum atomic E-state index is 11.9. The quantitative estimate of drug-likeness (QED) is 0.630. The molecule has 1 heterocycles. The fourth-order valence-corrected chi connectivity index (χ4v) is 2.58. The molecule has 2 atom stereocenters. The first-order valence-electron chi connectivity index (χ1n) is 7.40. The number of hydrogen-bond acceptors (Lipinski definition) is 4. The largest absolute Gasteiger partial charge is 0.383 e. The van der Waals surface area contributed by atoms with Crippen LogP contribution < -0.4 is 10.6 Å². The van der Waals surface area contributed by atoms with Crippen molar-refractivity contribution >= 4 is 5.91 Å². The Hall–Kier alpha value is -0.650. The molecule has 1 aliphatic rings. The van der Waals surface area contributed by atoms with E-state index in [1.165, 1.54) is 12.8 Å². The summed E-state index contributed by atoms with van der Waals surface area (Å²) >= 11 is 0. The lowest BCUT2D eigenvalue weighted by Gasteiger charge is -2.36. The predicted octanol–water partition coefficient (Wildman–Crippen LogP) is 0.459. The zero-order valence-corrected chi connectivity index (χ0v) is 12.6. The van der Waals surface area contributed by atoms with Gasteiger partial charge in [-0.05, 0) is 45.7 Å². The van der Waals surface area contributed by atoms with Crippen LogP contribution in [-0.2, 0) is 9.53 Å². The van der Waals surface area contributed by atoms with Crippen LogP contribution in [-0.4, -0.2) is 63.3 Å². The Kier molecular flexibility index (Phi) is 8.02. The van der Waals surface area contributed by atoms with Crippen molar-refractivity contribution in [1.82, 2.24) is 15.5 Å². The Morgan fingerprint density at radius 1 is 1.53 bits per heavy atom. The molecule has 112 valence electrons. The van der Waals surface area contributed by atoms with Gasteiger partial charge >= 0.3 is 0 Å². The Bertz CT molecular complexity index is 261. The van der Waals surface area contributed by atoms with Gasteiger partial charge in [-0.25, -0.2) is 0 Å². The van der Waals surface area contributed by atoms with E-state index in [4.69, 9.17) is 4.74 Å². The molecule has 0 aromatic heterocycles. The normalized spacial score (nSPS) is 22.2. The lowest BCUT2D eigenvalue weighted by Crippen LogP contribution is -2.50. The number of carbonyl (C=O) groups is 1. The highest BCUT2D eigenvalue weighted by molar-refractivity contribution is 5.81. The van der Waals surface area contributed by atoms with Crippen molar-refractivity contribution < 1.29 is 9.53 Å². The molecule has 0 bridgehead atoms. The van der Waals surface area contributed by atoms with Crippen LogP contribution in [0, 0.1) is 5.92 Å². The van der Waals surface area contributed by atoms with Crippen molar-refractivity contribution in [2.75, 3.05) is 46.4 Å². The van der Waals surface area contributed by atoms with Crippen LogP contribution >= 0.6 is 0 Å². The fraction of sp³-hybridized carbons (Fsp3) is 0.929. The van der Waals surface area contributed by atoms with Crippen LogP contribution in [0.4, 0.5) is 0 Å². The van der Waals surface area contributed by atoms with Crippen LogP contribution in [0.2, 0.25) is 0 Å². The molecule has 5 nitrogen and oxygen atoms in total. The smallest absolute Gasteiger partial charge is 0.237 e. The van der Waals surface area contributed by atoms with Gasteiger partial charge in [-0.3, -0.25) is 9.69 Å². The number of carbonyl (C=O) groups excluding carboxylic acids is 1. The number of hydrogen-bond donors (Lipinski definition) is 2. The molecule has 0 saturated carbocycles. The molecular weight excluding hydrogens is 242 g/mol. The van der Waals surface area contributed by atoms with Crippen LogP contribution in [0.25, 0.3) is 0 Å². The van der Waals surface area contributed by atoms with E-state index in [0.29, 0.717) is 12.5 Å². The first-order valence-corrected chi connectivity index (χ1v) is 7.40. The molecule has 19 heavy (non-hydrogen) atoms. The standard InChI is InChI=1S/C14H29N3O2/c1-4-16-14(18)12(2)17-8-5-6-13(11-17)10-15-7-9-19-3/h12-13,15H,4-11H2,1-3H3,(H,16,18). The third kappa shape index (κ3) is 5.89. The molecule has 5 heteroatoms. The highest BCUT2D eigenvalue weighted by Gasteiger charge is 2.26. The van der Waals surface area contributed by atoms with Crippen LogP contribution in [0.1, 0.15) is 26.7 Å². The summed E-state index contributed by atoms with van der Waals surface area (Å²) in [6, 6.07) is -0.0123. The Labute approximate surface area is 117 Å². The number of rotatable bonds is 8. The molecule has 1 rings (SSSR count). The molecule has 1 aliphatic heterocycles. The van der Waals surface area contributed by atoms with Gasteiger partial charge in [0, 0.05) is 26.7 Å². The summed E-state index contributed by atoms with van der Waals surface area (Å²) in [5, 5.41) is 6.32. The molecule has 0 aromatic carbocycles. The highest BCUT2D eigenvalue weighted by atomic mass is 16.5. The van der Waals surface area contributed by atoms with Crippen molar-refractivity contribution in [3.8, 4) is 0 Å². The monoisotopic (exact) mass is 271 g/mol. The van der Waals surface area contributed by atoms with Crippen molar-refractivity contribution in [2.45, 2.75) is 32.7 Å². The van der Waals surface area contributed by atoms with Gasteiger partial charge in [0.1, 0.15) is 0 Å². The van der Waals surface area contributed by atoms with E-state index in [-0.39, 0.29) is 11.9 Å². The summed E-state index contributed by atoms with van der Waals surface area (Å²) in [7, 11) is 1.72. The lowest BCUT2D eigenvalue weighted by atomic mass is 9.96. The van der Waals surface area contributed by atoms with Gasteiger partial charge in [-0.15, -0.1) is 0 Å². The van der Waals surface area contributed by atoms with E-state index in [9.17, 15) is 4.79 Å². The summed E-state index contributed by atoms with van der Waals surface area (Å²) in [4.78, 5) is 14.2. The SMILES string of the molecule is CCNC(=O)C(C)N1CCCC(CNCCOC)C1. The lowest BCUT2D eigenvalue weighted by molar-refractivity contribution is -0.126. The van der Waals surface area contributed by atoms with E-state index in [1.807, 2.05) is 13.8 Å². The second-order valence-corrected chi connectivity index (χ2v) is 5.27. The second kappa shape index (κ2) is 9.28. The number of methoxy groups -OCH3 is 1. The molecule has 1 fully saturated rings. The zero-order chi connectivity index (χ0) is 14.1. The number of nitrogens with one attached hydrogen (secondary N) is 2. The average molecular weight is 271 g/mol. The first kappa shape index (κ1) is 16.4. The third-order valence-electron chi connectivity index (χ3n) is 3.74. The summed E-state index contributed by atoms with van der Waals surface area (Å²) < 4.78 is 5.02. The maximum Gasteiger partial charge on any atom is 0.237 e. The number of likely N-dealkylation sites (N-methyl/N-ethyl adjacent to an activating group) is 1. The van der Waals surface area contributed by atoms with Gasteiger partial charge in [0.2, 0.25) is 5.91 Å². The van der Waals surface area contributed by atoms with Gasteiger partial charge in [0.25, 0.3) is 0 Å². The number of amides is 1. The van der Waals surface area contributed by atoms with Crippen molar-refractivity contribution in [1.29, 1.82) is 0 Å². The van der Waals surface area contributed by atoms with Crippen LogP contribution in [0.5, 0.6) is 0 Å². The fourth-order valence-electron chi connectivity index (χ4n) is 2.58. The van der Waals surface area contributed by atoms with Gasteiger partial charge in [0.15, 0.2) is 0 Å². The van der Waals surface area contributed by atoms with Crippen LogP contribution in [0.15, 0.2) is 0 Å². The molecule has 0 radical (unpaired) electrons. The average Bonchev–Trinajstić information content (AvgIpc) is 2.43. The minimum absolute atomic E-state index is 0.0123. The predicted molar refractivity (Wildman–Crippen MR) is 77.2 cm³/mol. The van der Waals surface area contributed by atoms with Crippen molar-refractivity contribution in [3.63, 3.8) is 0 Å². The maximum absolute atomic E-state index is 11.9. The third-order valence-corrected chi connectivity index (χ3v) is 3.74. The second-order valence-electron chi connectivity index (χ2n) is 5.27. The van der Waals surface area contributed by atoms with Gasteiger partial charge < -0.3 is 15.4 Å². The van der Waals surface area contributed by atoms with E-state index >= 15 is 0 Å². The number of piperidine rings is 1. The number of nitrogens with zero attached hydrogens (tertiary/aromatic N) is 1. The molecule has 2 N–H and O–H groups in total. The summed E-state index contributed by atoms with van der Waals surface area (Å²) in [5.74, 6) is 0.790. The van der Waals surface area contributed by atoms with E-state index in [1.54, 1.807) is 7.11 Å². The zero-order valence-electron chi connectivity index (χ0n) is 12.6. The summed E-state index contributed by atoms with van der Waals surface area (Å²) in [5.41, 5.74) is 0. The Morgan fingerprint density at radius 2 is 2.32 bits per heavy atom. The number of ether oxygens (including phenoxy) is 1. The molecule has 0 spiro atoms. The molecule has 1 amide bonds. The van der Waals surface area contributed by atoms with Gasteiger partial charge in [-0.2, -0.15) is 0 Å². The number of likely N-dealkylation sites (tertiary alicyclic amines) is 1. The van der Waals surface area contributed by atoms with E-state index in [0.717, 1.165) is 32.8 Å². The topological polar surface area (TPSA) is 53.6 Å². The first-order chi connectivity index (χ1) is 9.19. The molecule has 2 unspecified atom stereocenters. The van der Waals surface area contributed by atoms with Crippen molar-refractivity contribution in [2.24, 2.45) is 5.92 Å². The van der Waals surface area contributed by atoms with E-state index < -0.39 is 0 Å². The van der Waals surface area contributed by atoms with E-state index in [2.05, 4.69) is 15.5 Å². The minimum atomic E-state index is -0.0123. The van der Waals surface area contributed by atoms with Gasteiger partial charge in [-0.1, -0.05) is 0 Å². The van der Waals surface area contributed by atoms with Gasteiger partial charge in [0.05, 0.1) is 12.6 Å². The summed E-state index contributed by atoms with van der Waals surface area (Å²) in [6.07, 6.45) is 2.43. The molecular formula is C14H29N3O2. The summed E-state index contributed by atoms with van der Waals surface area (Å²) in [6.45, 7) is 9.39. The Balaban J connectivity index is 2.30. The van der Waals surface area contributed by atoms with Crippen molar-refractivity contribution in [3.05, 3.63) is 0 Å². The molecule has 0 aliphatic carbocycles. The molecule has 1 saturated heterocycles. The Morgan fingerprint density at radius 3 is 3.00 bits per heavy atom.